The fourth-order valence-corrected chi connectivity index (χ4v) is 1.67. The van der Waals surface area contributed by atoms with Gasteiger partial charge in [0.05, 0.1) is 0 Å². The Morgan fingerprint density at radius 2 is 1.67 bits per heavy atom. The quantitative estimate of drug-likeness (QED) is 0.253. The highest BCUT2D eigenvalue weighted by atomic mass is 16.5. The van der Waals surface area contributed by atoms with Crippen molar-refractivity contribution in [2.75, 3.05) is 0 Å². The maximum atomic E-state index is 10.7. The number of hydrogen-bond donors (Lipinski definition) is 1. The Hall–Kier alpha value is -1.25. The van der Waals surface area contributed by atoms with Gasteiger partial charge in [-0.25, -0.2) is 4.79 Å². The molecule has 104 valence electrons. The second kappa shape index (κ2) is 12.2. The molecule has 0 spiro atoms. The van der Waals surface area contributed by atoms with Crippen molar-refractivity contribution < 1.29 is 14.6 Å². The molecular weight excluding hydrogens is 228 g/mol. The Kier molecular flexibility index (Phi) is 11.4. The molecule has 0 saturated heterocycles. The molecule has 0 amide bonds. The van der Waals surface area contributed by atoms with Crippen LogP contribution in [-0.4, -0.2) is 11.1 Å². The zero-order valence-corrected chi connectivity index (χ0v) is 11.5. The molecule has 3 heteroatoms. The lowest BCUT2D eigenvalue weighted by atomic mass is 10.1. The van der Waals surface area contributed by atoms with Gasteiger partial charge < -0.3 is 9.84 Å². The van der Waals surface area contributed by atoms with Gasteiger partial charge in [-0.2, -0.15) is 0 Å². The maximum Gasteiger partial charge on any atom is 0.335 e. The Morgan fingerprint density at radius 1 is 1.11 bits per heavy atom. The van der Waals surface area contributed by atoms with Crippen LogP contribution in [0.1, 0.15) is 64.7 Å². The number of aliphatic hydroxyl groups is 1. The molecule has 0 radical (unpaired) electrons. The monoisotopic (exact) mass is 254 g/mol. The molecular formula is C15H26O3. The lowest BCUT2D eigenvalue weighted by Gasteiger charge is -2.02. The van der Waals surface area contributed by atoms with Crippen LogP contribution >= 0.6 is 0 Å². The van der Waals surface area contributed by atoms with Gasteiger partial charge in [-0.15, -0.1) is 0 Å². The zero-order valence-electron chi connectivity index (χ0n) is 11.5. The third-order valence-electron chi connectivity index (χ3n) is 2.76. The molecule has 0 rings (SSSR count). The Bertz CT molecular complexity index is 256. The van der Waals surface area contributed by atoms with Crippen LogP contribution in [0.3, 0.4) is 0 Å². The second-order valence-corrected chi connectivity index (χ2v) is 4.48. The van der Waals surface area contributed by atoms with E-state index in [4.69, 9.17) is 0 Å². The molecule has 0 aliphatic heterocycles. The number of ether oxygens (including phenoxy) is 1. The summed E-state index contributed by atoms with van der Waals surface area (Å²) in [7, 11) is 0. The first-order valence-electron chi connectivity index (χ1n) is 6.91. The molecule has 18 heavy (non-hydrogen) atoms. The van der Waals surface area contributed by atoms with E-state index in [2.05, 4.69) is 18.2 Å². The minimum Gasteiger partial charge on any atom is -0.509 e. The van der Waals surface area contributed by atoms with Crippen molar-refractivity contribution in [2.45, 2.75) is 64.7 Å². The van der Waals surface area contributed by atoms with Crippen molar-refractivity contribution in [3.8, 4) is 0 Å². The zero-order chi connectivity index (χ0) is 13.6. The van der Waals surface area contributed by atoms with Gasteiger partial charge in [0.2, 0.25) is 0 Å². The van der Waals surface area contributed by atoms with Crippen LogP contribution in [-0.2, 0) is 9.53 Å². The van der Waals surface area contributed by atoms with Crippen molar-refractivity contribution in [3.05, 3.63) is 24.7 Å². The SMILES string of the molecule is C=CC(=O)O/C=C(\O)CCCCCCCCCC. The Labute approximate surface area is 111 Å². The summed E-state index contributed by atoms with van der Waals surface area (Å²) in [6, 6.07) is 0. The van der Waals surface area contributed by atoms with E-state index in [9.17, 15) is 9.90 Å². The van der Waals surface area contributed by atoms with E-state index in [0.717, 1.165) is 25.2 Å². The lowest BCUT2D eigenvalue weighted by Crippen LogP contribution is -1.94. The van der Waals surface area contributed by atoms with Crippen LogP contribution in [0.2, 0.25) is 0 Å². The summed E-state index contributed by atoms with van der Waals surface area (Å²) < 4.78 is 4.61. The fourth-order valence-electron chi connectivity index (χ4n) is 1.67. The van der Waals surface area contributed by atoms with Gasteiger partial charge in [0.25, 0.3) is 0 Å². The number of allylic oxidation sites excluding steroid dienone is 1. The van der Waals surface area contributed by atoms with Gasteiger partial charge in [0.15, 0.2) is 0 Å². The molecule has 3 nitrogen and oxygen atoms in total. The summed E-state index contributed by atoms with van der Waals surface area (Å²) in [5.41, 5.74) is 0. The summed E-state index contributed by atoms with van der Waals surface area (Å²) in [5, 5.41) is 9.42. The molecule has 0 atom stereocenters. The van der Waals surface area contributed by atoms with Crippen LogP contribution in [0.5, 0.6) is 0 Å². The topological polar surface area (TPSA) is 46.5 Å². The number of aliphatic hydroxyl groups excluding tert-OH is 1. The number of rotatable bonds is 11. The Balaban J connectivity index is 3.37. The average molecular weight is 254 g/mol. The van der Waals surface area contributed by atoms with Crippen molar-refractivity contribution >= 4 is 5.97 Å². The minimum atomic E-state index is -0.544. The smallest absolute Gasteiger partial charge is 0.335 e. The molecule has 0 unspecified atom stereocenters. The van der Waals surface area contributed by atoms with Crippen molar-refractivity contribution in [1.82, 2.24) is 0 Å². The van der Waals surface area contributed by atoms with E-state index < -0.39 is 5.97 Å². The van der Waals surface area contributed by atoms with Gasteiger partial charge in [-0.05, 0) is 6.42 Å². The predicted octanol–water partition coefficient (Wildman–Crippen LogP) is 4.65. The number of esters is 1. The van der Waals surface area contributed by atoms with E-state index >= 15 is 0 Å². The van der Waals surface area contributed by atoms with Gasteiger partial charge in [0.1, 0.15) is 12.0 Å². The molecule has 0 bridgehead atoms. The molecule has 0 aliphatic carbocycles. The summed E-state index contributed by atoms with van der Waals surface area (Å²) in [6.07, 6.45) is 12.5. The third-order valence-corrected chi connectivity index (χ3v) is 2.76. The Morgan fingerprint density at radius 3 is 2.22 bits per heavy atom. The first-order valence-corrected chi connectivity index (χ1v) is 6.91. The van der Waals surface area contributed by atoms with Gasteiger partial charge >= 0.3 is 5.97 Å². The summed E-state index contributed by atoms with van der Waals surface area (Å²) in [4.78, 5) is 10.7. The maximum absolute atomic E-state index is 10.7. The van der Waals surface area contributed by atoms with Crippen LogP contribution in [0, 0.1) is 0 Å². The van der Waals surface area contributed by atoms with Gasteiger partial charge in [-0.1, -0.05) is 58.4 Å². The van der Waals surface area contributed by atoms with Crippen molar-refractivity contribution in [2.24, 2.45) is 0 Å². The van der Waals surface area contributed by atoms with Crippen LogP contribution < -0.4 is 0 Å². The molecule has 0 heterocycles. The van der Waals surface area contributed by atoms with E-state index in [-0.39, 0.29) is 5.76 Å². The van der Waals surface area contributed by atoms with E-state index in [1.807, 2.05) is 0 Å². The standard InChI is InChI=1S/C15H26O3/c1-3-5-6-7-8-9-10-11-12-14(16)13-18-15(17)4-2/h4,13,16H,2-3,5-12H2,1H3/b14-13-. The van der Waals surface area contributed by atoms with E-state index in [1.54, 1.807) is 0 Å². The predicted molar refractivity (Wildman–Crippen MR) is 74.2 cm³/mol. The molecule has 0 aromatic carbocycles. The molecule has 0 aromatic heterocycles. The van der Waals surface area contributed by atoms with Gasteiger partial charge in [-0.3, -0.25) is 0 Å². The summed E-state index contributed by atoms with van der Waals surface area (Å²) in [5.74, 6) is -0.423. The van der Waals surface area contributed by atoms with Crippen LogP contribution in [0.15, 0.2) is 24.7 Å². The van der Waals surface area contributed by atoms with E-state index in [1.165, 1.54) is 38.5 Å². The van der Waals surface area contributed by atoms with Crippen molar-refractivity contribution in [1.29, 1.82) is 0 Å². The highest BCUT2D eigenvalue weighted by Crippen LogP contribution is 2.11. The van der Waals surface area contributed by atoms with E-state index in [0.29, 0.717) is 6.42 Å². The molecule has 1 N–H and O–H groups in total. The van der Waals surface area contributed by atoms with Gasteiger partial charge in [0, 0.05) is 12.5 Å². The van der Waals surface area contributed by atoms with Crippen LogP contribution in [0.4, 0.5) is 0 Å². The number of carbonyl (C=O) groups is 1. The molecule has 0 saturated carbocycles. The number of carbonyl (C=O) groups excluding carboxylic acids is 1. The largest absolute Gasteiger partial charge is 0.509 e. The number of hydrogen-bond acceptors (Lipinski definition) is 3. The third kappa shape index (κ3) is 11.2. The molecule has 0 aliphatic rings. The molecule has 0 aromatic rings. The van der Waals surface area contributed by atoms with Crippen molar-refractivity contribution in [3.63, 3.8) is 0 Å². The highest BCUT2D eigenvalue weighted by molar-refractivity contribution is 5.81. The first-order chi connectivity index (χ1) is 8.70. The lowest BCUT2D eigenvalue weighted by molar-refractivity contribution is -0.132. The fraction of sp³-hybridized carbons (Fsp3) is 0.667. The summed E-state index contributed by atoms with van der Waals surface area (Å²) >= 11 is 0. The minimum absolute atomic E-state index is 0.121. The highest BCUT2D eigenvalue weighted by Gasteiger charge is 1.97. The number of unbranched alkanes of at least 4 members (excludes halogenated alkanes) is 7. The summed E-state index contributed by atoms with van der Waals surface area (Å²) in [6.45, 7) is 5.49. The molecule has 0 fully saturated rings. The first kappa shape index (κ1) is 16.8. The normalized spacial score (nSPS) is 11.3. The average Bonchev–Trinajstić information content (AvgIpc) is 2.39. The van der Waals surface area contributed by atoms with Crippen LogP contribution in [0.25, 0.3) is 0 Å². The second-order valence-electron chi connectivity index (χ2n) is 4.48.